The number of hydrogen-bond acceptors (Lipinski definition) is 9. The van der Waals surface area contributed by atoms with Crippen LogP contribution in [0.5, 0.6) is 0 Å². The van der Waals surface area contributed by atoms with Gasteiger partial charge in [0, 0.05) is 59.8 Å². The van der Waals surface area contributed by atoms with Crippen molar-refractivity contribution >= 4 is 80.3 Å². The summed E-state index contributed by atoms with van der Waals surface area (Å²) < 4.78 is 10.9. The number of esters is 2. The molecule has 1 aliphatic rings. The Morgan fingerprint density at radius 2 is 1.55 bits per heavy atom. The molecule has 304 valence electrons. The molecular formula is C41H52BrCl2N5O7. The number of amides is 4. The number of carbonyl (C=O) groups is 5. The molecule has 0 bridgehead atoms. The third kappa shape index (κ3) is 14.8. The number of terminal acetylenes is 1. The second-order valence-electron chi connectivity index (χ2n) is 13.7. The summed E-state index contributed by atoms with van der Waals surface area (Å²) in [4.78, 5) is 72.2. The number of nitrogens with one attached hydrogen (secondary N) is 1. The van der Waals surface area contributed by atoms with Crippen LogP contribution in [0.3, 0.4) is 0 Å². The third-order valence-corrected chi connectivity index (χ3v) is 10.1. The van der Waals surface area contributed by atoms with Gasteiger partial charge in [0.25, 0.3) is 11.8 Å². The molecule has 1 heterocycles. The second kappa shape index (κ2) is 24.0. The lowest BCUT2D eigenvalue weighted by Gasteiger charge is -2.32. The van der Waals surface area contributed by atoms with E-state index < -0.39 is 29.9 Å². The summed E-state index contributed by atoms with van der Waals surface area (Å²) in [5.74, 6) is 0.802. The van der Waals surface area contributed by atoms with Gasteiger partial charge >= 0.3 is 24.4 Å². The summed E-state index contributed by atoms with van der Waals surface area (Å²) >= 11 is 15.9. The van der Waals surface area contributed by atoms with Crippen LogP contribution in [0.4, 0.5) is 10.5 Å². The monoisotopic (exact) mass is 875 g/mol. The molecule has 3 N–H and O–H groups in total. The second-order valence-corrected chi connectivity index (χ2v) is 15.5. The minimum absolute atomic E-state index is 0.0587. The van der Waals surface area contributed by atoms with E-state index in [-0.39, 0.29) is 31.2 Å². The molecule has 0 saturated carbocycles. The molecule has 3 rings (SSSR count). The SMILES string of the molecule is C#CCCCCCCC(=O)OC(N)OC(=O)CCCC/N=C(/CCC)C(=O)NCCCCN1C(=O)N(c2cc(Cl)cc(Cl)c2)C(=O)[C@]1(C)Cc1ccc(Br)cc1. The van der Waals surface area contributed by atoms with Crippen molar-refractivity contribution in [1.29, 1.82) is 0 Å². The lowest BCUT2D eigenvalue weighted by atomic mass is 9.91. The van der Waals surface area contributed by atoms with Crippen molar-refractivity contribution in [3.05, 3.63) is 62.5 Å². The topological polar surface area (TPSA) is 161 Å². The van der Waals surface area contributed by atoms with Crippen molar-refractivity contribution in [2.24, 2.45) is 10.7 Å². The number of ether oxygens (including phenoxy) is 2. The molecule has 1 unspecified atom stereocenters. The van der Waals surface area contributed by atoms with E-state index in [1.54, 1.807) is 11.8 Å². The van der Waals surface area contributed by atoms with Crippen molar-refractivity contribution in [3.63, 3.8) is 0 Å². The van der Waals surface area contributed by atoms with E-state index in [9.17, 15) is 24.0 Å². The molecule has 2 aromatic carbocycles. The number of unbranched alkanes of at least 4 members (excludes halogenated alkanes) is 6. The Balaban J connectivity index is 1.45. The van der Waals surface area contributed by atoms with Crippen LogP contribution < -0.4 is 16.0 Å². The van der Waals surface area contributed by atoms with Crippen molar-refractivity contribution in [2.45, 2.75) is 116 Å². The van der Waals surface area contributed by atoms with E-state index in [2.05, 4.69) is 32.2 Å². The van der Waals surface area contributed by atoms with E-state index in [0.717, 1.165) is 40.6 Å². The van der Waals surface area contributed by atoms with Gasteiger partial charge in [-0.25, -0.2) is 9.69 Å². The molecule has 2 atom stereocenters. The quantitative estimate of drug-likeness (QED) is 0.0267. The molecular weight excluding hydrogens is 825 g/mol. The van der Waals surface area contributed by atoms with Gasteiger partial charge in [0.1, 0.15) is 5.54 Å². The predicted molar refractivity (Wildman–Crippen MR) is 222 cm³/mol. The normalized spacial score (nSPS) is 16.1. The van der Waals surface area contributed by atoms with Gasteiger partial charge in [-0.2, -0.15) is 0 Å². The molecule has 0 aromatic heterocycles. The Labute approximate surface area is 348 Å². The maximum absolute atomic E-state index is 14.0. The molecule has 1 fully saturated rings. The van der Waals surface area contributed by atoms with Gasteiger partial charge in [-0.15, -0.1) is 12.3 Å². The summed E-state index contributed by atoms with van der Waals surface area (Å²) in [6.07, 6.45) is 11.6. The number of halogens is 3. The first kappa shape index (κ1) is 46.4. The minimum Gasteiger partial charge on any atom is -0.411 e. The fraction of sp³-hybridized carbons (Fsp3) is 0.512. The highest BCUT2D eigenvalue weighted by molar-refractivity contribution is 9.10. The first-order valence-corrected chi connectivity index (χ1v) is 20.6. The van der Waals surface area contributed by atoms with Crippen LogP contribution in [0.25, 0.3) is 0 Å². The summed E-state index contributed by atoms with van der Waals surface area (Å²) in [5.41, 5.74) is 6.07. The van der Waals surface area contributed by atoms with Crippen LogP contribution in [-0.2, 0) is 35.1 Å². The molecule has 56 heavy (non-hydrogen) atoms. The van der Waals surface area contributed by atoms with Gasteiger partial charge in [0.2, 0.25) is 0 Å². The highest BCUT2D eigenvalue weighted by atomic mass is 79.9. The first-order valence-electron chi connectivity index (χ1n) is 19.0. The maximum atomic E-state index is 14.0. The van der Waals surface area contributed by atoms with E-state index in [0.29, 0.717) is 85.9 Å². The predicted octanol–water partition coefficient (Wildman–Crippen LogP) is 8.14. The fourth-order valence-corrected chi connectivity index (χ4v) is 7.01. The molecule has 0 radical (unpaired) electrons. The molecule has 0 aliphatic carbocycles. The number of hydrogen-bond donors (Lipinski definition) is 2. The van der Waals surface area contributed by atoms with Gasteiger partial charge in [-0.05, 0) is 87.8 Å². The lowest BCUT2D eigenvalue weighted by molar-refractivity contribution is -0.186. The number of rotatable bonds is 24. The zero-order valence-electron chi connectivity index (χ0n) is 32.1. The molecule has 4 amide bonds. The Hall–Kier alpha value is -3.96. The molecule has 0 spiro atoms. The van der Waals surface area contributed by atoms with Crippen molar-refractivity contribution < 1.29 is 33.4 Å². The number of benzene rings is 2. The Morgan fingerprint density at radius 1 is 0.929 bits per heavy atom. The van der Waals surface area contributed by atoms with E-state index in [1.165, 1.54) is 18.2 Å². The summed E-state index contributed by atoms with van der Waals surface area (Å²) in [7, 11) is 0. The molecule has 1 aliphatic heterocycles. The van der Waals surface area contributed by atoms with Gasteiger partial charge in [0.15, 0.2) is 0 Å². The van der Waals surface area contributed by atoms with Gasteiger partial charge < -0.3 is 19.7 Å². The largest absolute Gasteiger partial charge is 0.411 e. The maximum Gasteiger partial charge on any atom is 0.332 e. The summed E-state index contributed by atoms with van der Waals surface area (Å²) in [6, 6.07) is 11.8. The van der Waals surface area contributed by atoms with Crippen molar-refractivity contribution in [3.8, 4) is 12.3 Å². The number of imide groups is 1. The van der Waals surface area contributed by atoms with Crippen LogP contribution in [-0.4, -0.2) is 72.0 Å². The summed E-state index contributed by atoms with van der Waals surface area (Å²) in [6.45, 7) is 4.68. The zero-order chi connectivity index (χ0) is 41.1. The zero-order valence-corrected chi connectivity index (χ0v) is 35.2. The van der Waals surface area contributed by atoms with E-state index in [4.69, 9.17) is 44.8 Å². The molecule has 1 saturated heterocycles. The van der Waals surface area contributed by atoms with Crippen molar-refractivity contribution in [2.75, 3.05) is 24.5 Å². The van der Waals surface area contributed by atoms with Crippen molar-refractivity contribution in [1.82, 2.24) is 10.2 Å². The van der Waals surface area contributed by atoms with Crippen LogP contribution in [0.2, 0.25) is 10.0 Å². The lowest BCUT2D eigenvalue weighted by Crippen LogP contribution is -2.49. The average Bonchev–Trinajstić information content (AvgIpc) is 3.32. The number of nitrogens with two attached hydrogens (primary N) is 1. The van der Waals surface area contributed by atoms with Gasteiger partial charge in [0.05, 0.1) is 11.4 Å². The minimum atomic E-state index is -1.46. The summed E-state index contributed by atoms with van der Waals surface area (Å²) in [5, 5.41) is 3.54. The van der Waals surface area contributed by atoms with E-state index >= 15 is 0 Å². The van der Waals surface area contributed by atoms with Gasteiger partial charge in [-0.3, -0.25) is 29.9 Å². The number of urea groups is 1. The third-order valence-electron chi connectivity index (χ3n) is 9.13. The van der Waals surface area contributed by atoms with Crippen LogP contribution in [0.15, 0.2) is 51.9 Å². The smallest absolute Gasteiger partial charge is 0.332 e. The number of carbonyl (C=O) groups excluding carboxylic acids is 5. The Bertz CT molecular complexity index is 1720. The first-order chi connectivity index (χ1) is 26.8. The fourth-order valence-electron chi connectivity index (χ4n) is 6.23. The highest BCUT2D eigenvalue weighted by Crippen LogP contribution is 2.37. The van der Waals surface area contributed by atoms with E-state index in [1.807, 2.05) is 31.2 Å². The number of anilines is 1. The molecule has 15 heteroatoms. The Morgan fingerprint density at radius 3 is 2.18 bits per heavy atom. The standard InChI is InChI=1S/C41H52BrCl2N5O7/c1-4-6-7-8-9-10-16-35(50)55-39(45)56-36(51)17-11-12-22-46-34(15-5-2)37(52)47-23-13-14-24-48-40(54)49(33-26-31(43)25-32(44)27-33)38(53)41(48,3)28-29-18-20-30(42)21-19-29/h1,18-21,25-27,39H,5-17,22-24,28,45H2,2-3H3,(H,47,52)/b46-34-/t39?,41-/m0/s1. The van der Waals surface area contributed by atoms with Gasteiger partial charge in [-0.1, -0.05) is 77.5 Å². The average molecular weight is 878 g/mol. The Kier molecular flexibility index (Phi) is 19.9. The number of aliphatic imine (C=N–C) groups is 1. The molecule has 2 aromatic rings. The highest BCUT2D eigenvalue weighted by Gasteiger charge is 2.54. The van der Waals surface area contributed by atoms with Crippen LogP contribution in [0, 0.1) is 12.3 Å². The van der Waals surface area contributed by atoms with Crippen LogP contribution in [0.1, 0.15) is 103 Å². The van der Waals surface area contributed by atoms with Crippen LogP contribution >= 0.6 is 39.1 Å². The molecule has 12 nitrogen and oxygen atoms in total. The number of nitrogens with zero attached hydrogens (tertiary/aromatic N) is 3.